The Kier molecular flexibility index (Phi) is 5.65. The molecule has 0 saturated carbocycles. The molecule has 0 N–H and O–H groups in total. The van der Waals surface area contributed by atoms with Gasteiger partial charge in [0, 0.05) is 12.5 Å². The molecule has 0 atom stereocenters. The van der Waals surface area contributed by atoms with E-state index in [-0.39, 0.29) is 17.4 Å². The molecular weight excluding hydrogens is 326 g/mol. The fraction of sp³-hybridized carbons (Fsp3) is 0.500. The Labute approximate surface area is 148 Å². The van der Waals surface area contributed by atoms with Gasteiger partial charge in [-0.1, -0.05) is 44.5 Å². The summed E-state index contributed by atoms with van der Waals surface area (Å²) in [6, 6.07) is 7.35. The summed E-state index contributed by atoms with van der Waals surface area (Å²) >= 11 is 6.15. The third-order valence-electron chi connectivity index (χ3n) is 3.50. The van der Waals surface area contributed by atoms with Crippen LogP contribution in [0, 0.1) is 5.41 Å². The summed E-state index contributed by atoms with van der Waals surface area (Å²) in [6.45, 7) is 10.4. The van der Waals surface area contributed by atoms with Crippen LogP contribution in [-0.2, 0) is 11.3 Å². The Morgan fingerprint density at radius 3 is 2.50 bits per heavy atom. The second-order valence-corrected chi connectivity index (χ2v) is 7.74. The monoisotopic (exact) mass is 349 g/mol. The Hall–Kier alpha value is -1.88. The highest BCUT2D eigenvalue weighted by Crippen LogP contribution is 2.27. The molecule has 2 rings (SSSR count). The van der Waals surface area contributed by atoms with Crippen LogP contribution in [0.5, 0.6) is 0 Å². The van der Waals surface area contributed by atoms with E-state index >= 15 is 0 Å². The van der Waals surface area contributed by atoms with Gasteiger partial charge in [0.05, 0.1) is 17.1 Å². The van der Waals surface area contributed by atoms with Gasteiger partial charge < -0.3 is 9.32 Å². The van der Waals surface area contributed by atoms with Crippen molar-refractivity contribution in [2.75, 3.05) is 0 Å². The first-order valence-electron chi connectivity index (χ1n) is 8.04. The maximum Gasteiger partial charge on any atom is 0.249 e. The zero-order valence-electron chi connectivity index (χ0n) is 14.8. The molecular formula is C18H24ClN3O2. The van der Waals surface area contributed by atoms with Gasteiger partial charge in [0.2, 0.25) is 17.7 Å². The van der Waals surface area contributed by atoms with Gasteiger partial charge in [-0.15, -0.1) is 10.2 Å². The lowest BCUT2D eigenvalue weighted by Crippen LogP contribution is -2.38. The highest BCUT2D eigenvalue weighted by Gasteiger charge is 2.25. The summed E-state index contributed by atoms with van der Waals surface area (Å²) < 4.78 is 5.71. The van der Waals surface area contributed by atoms with Gasteiger partial charge in [0.25, 0.3) is 0 Å². The van der Waals surface area contributed by atoms with Crippen LogP contribution in [0.25, 0.3) is 11.5 Å². The molecule has 0 unspecified atom stereocenters. The third kappa shape index (κ3) is 4.81. The van der Waals surface area contributed by atoms with E-state index < -0.39 is 0 Å². The second kappa shape index (κ2) is 7.34. The highest BCUT2D eigenvalue weighted by atomic mass is 35.5. The number of carbonyl (C=O) groups excluding carboxylic acids is 1. The largest absolute Gasteiger partial charge is 0.419 e. The summed E-state index contributed by atoms with van der Waals surface area (Å²) in [4.78, 5) is 14.3. The number of hydrogen-bond acceptors (Lipinski definition) is 4. The van der Waals surface area contributed by atoms with Gasteiger partial charge >= 0.3 is 0 Å². The summed E-state index contributed by atoms with van der Waals surface area (Å²) in [6.07, 6.45) is 0.469. The van der Waals surface area contributed by atoms with Gasteiger partial charge in [-0.25, -0.2) is 0 Å². The smallest absolute Gasteiger partial charge is 0.249 e. The molecule has 0 aliphatic heterocycles. The molecule has 0 bridgehead atoms. The Morgan fingerprint density at radius 1 is 1.25 bits per heavy atom. The molecule has 130 valence electrons. The minimum atomic E-state index is -0.0677. The van der Waals surface area contributed by atoms with Crippen LogP contribution in [0.4, 0.5) is 0 Å². The lowest BCUT2D eigenvalue weighted by Gasteiger charge is -2.28. The van der Waals surface area contributed by atoms with E-state index in [0.717, 1.165) is 0 Å². The van der Waals surface area contributed by atoms with Crippen molar-refractivity contribution in [3.63, 3.8) is 0 Å². The topological polar surface area (TPSA) is 59.2 Å². The summed E-state index contributed by atoms with van der Waals surface area (Å²) in [7, 11) is 0. The zero-order chi connectivity index (χ0) is 17.9. The summed E-state index contributed by atoms with van der Waals surface area (Å²) in [5, 5.41) is 8.67. The normalized spacial score (nSPS) is 11.8. The lowest BCUT2D eigenvalue weighted by molar-refractivity contribution is -0.135. The molecule has 1 aromatic carbocycles. The van der Waals surface area contributed by atoms with Crippen molar-refractivity contribution >= 4 is 17.5 Å². The molecule has 24 heavy (non-hydrogen) atoms. The first kappa shape index (κ1) is 18.5. The number of amides is 1. The molecule has 1 heterocycles. The zero-order valence-corrected chi connectivity index (χ0v) is 15.6. The predicted octanol–water partition coefficient (Wildman–Crippen LogP) is 4.56. The number of aromatic nitrogens is 2. The van der Waals surface area contributed by atoms with Gasteiger partial charge in [-0.05, 0) is 31.4 Å². The number of halogens is 1. The first-order valence-corrected chi connectivity index (χ1v) is 8.42. The average Bonchev–Trinajstić information content (AvgIpc) is 2.91. The van der Waals surface area contributed by atoms with Crippen molar-refractivity contribution in [3.05, 3.63) is 35.2 Å². The Morgan fingerprint density at radius 2 is 1.92 bits per heavy atom. The third-order valence-corrected chi connectivity index (χ3v) is 3.83. The predicted molar refractivity (Wildman–Crippen MR) is 94.5 cm³/mol. The van der Waals surface area contributed by atoms with Gasteiger partial charge in [0.1, 0.15) is 0 Å². The van der Waals surface area contributed by atoms with Crippen molar-refractivity contribution in [1.82, 2.24) is 15.1 Å². The molecule has 0 radical (unpaired) electrons. The van der Waals surface area contributed by atoms with Crippen LogP contribution in [0.3, 0.4) is 0 Å². The first-order chi connectivity index (χ1) is 11.2. The number of carbonyl (C=O) groups is 1. The maximum absolute atomic E-state index is 12.6. The van der Waals surface area contributed by atoms with Crippen LogP contribution in [0.2, 0.25) is 5.02 Å². The fourth-order valence-corrected chi connectivity index (χ4v) is 2.54. The summed E-state index contributed by atoms with van der Waals surface area (Å²) in [5.74, 6) is 0.846. The van der Waals surface area contributed by atoms with Crippen LogP contribution < -0.4 is 0 Å². The minimum Gasteiger partial charge on any atom is -0.419 e. The van der Waals surface area contributed by atoms with Crippen molar-refractivity contribution in [1.29, 1.82) is 0 Å². The van der Waals surface area contributed by atoms with Crippen LogP contribution >= 0.6 is 11.6 Å². The number of benzene rings is 1. The molecule has 6 heteroatoms. The van der Waals surface area contributed by atoms with E-state index in [1.807, 2.05) is 52.8 Å². The second-order valence-electron chi connectivity index (χ2n) is 7.33. The van der Waals surface area contributed by atoms with Gasteiger partial charge in [-0.3, -0.25) is 4.79 Å². The van der Waals surface area contributed by atoms with Crippen molar-refractivity contribution in [3.8, 4) is 11.5 Å². The number of hydrogen-bond donors (Lipinski definition) is 0. The van der Waals surface area contributed by atoms with E-state index in [0.29, 0.717) is 35.3 Å². The van der Waals surface area contributed by atoms with E-state index in [2.05, 4.69) is 10.2 Å². The average molecular weight is 350 g/mol. The quantitative estimate of drug-likeness (QED) is 0.793. The van der Waals surface area contributed by atoms with Crippen LogP contribution in [0.1, 0.15) is 46.9 Å². The van der Waals surface area contributed by atoms with E-state index in [4.69, 9.17) is 16.0 Å². The van der Waals surface area contributed by atoms with E-state index in [9.17, 15) is 4.79 Å². The van der Waals surface area contributed by atoms with Gasteiger partial charge in [0.15, 0.2) is 0 Å². The molecule has 0 saturated heterocycles. The van der Waals surface area contributed by atoms with Crippen molar-refractivity contribution in [2.24, 2.45) is 5.41 Å². The molecule has 2 aromatic rings. The fourth-order valence-electron chi connectivity index (χ4n) is 2.32. The van der Waals surface area contributed by atoms with E-state index in [1.165, 1.54) is 0 Å². The molecule has 0 spiro atoms. The number of nitrogens with zero attached hydrogens (tertiary/aromatic N) is 3. The van der Waals surface area contributed by atoms with Gasteiger partial charge in [-0.2, -0.15) is 0 Å². The molecule has 0 fully saturated rings. The van der Waals surface area contributed by atoms with Crippen molar-refractivity contribution < 1.29 is 9.21 Å². The standard InChI is InChI=1S/C18H24ClN3O2/c1-12(2)22(16(23)10-18(3,4)5)11-15-20-21-17(24-15)13-8-6-7-9-14(13)19/h6-9,12H,10-11H2,1-5H3. The Balaban J connectivity index is 2.17. The molecule has 1 amide bonds. The highest BCUT2D eigenvalue weighted by molar-refractivity contribution is 6.33. The summed E-state index contributed by atoms with van der Waals surface area (Å²) in [5.41, 5.74) is 0.622. The SMILES string of the molecule is CC(C)N(Cc1nnc(-c2ccccc2Cl)o1)C(=O)CC(C)(C)C. The minimum absolute atomic E-state index is 0.0514. The van der Waals surface area contributed by atoms with Crippen molar-refractivity contribution in [2.45, 2.75) is 53.6 Å². The molecule has 5 nitrogen and oxygen atoms in total. The van der Waals surface area contributed by atoms with Crippen LogP contribution in [-0.4, -0.2) is 27.0 Å². The van der Waals surface area contributed by atoms with Crippen LogP contribution in [0.15, 0.2) is 28.7 Å². The Bertz CT molecular complexity index is 704. The van der Waals surface area contributed by atoms with E-state index in [1.54, 1.807) is 11.0 Å². The number of rotatable bonds is 5. The lowest BCUT2D eigenvalue weighted by atomic mass is 9.91. The molecule has 0 aliphatic rings. The molecule has 1 aromatic heterocycles. The molecule has 0 aliphatic carbocycles. The maximum atomic E-state index is 12.6.